The van der Waals surface area contributed by atoms with Crippen molar-refractivity contribution in [2.45, 2.75) is 39.2 Å². The van der Waals surface area contributed by atoms with E-state index in [0.29, 0.717) is 5.84 Å². The van der Waals surface area contributed by atoms with Gasteiger partial charge in [-0.25, -0.2) is 9.37 Å². The third-order valence-corrected chi connectivity index (χ3v) is 5.32. The van der Waals surface area contributed by atoms with Crippen molar-refractivity contribution in [2.24, 2.45) is 10.9 Å². The Morgan fingerprint density at radius 3 is 2.46 bits per heavy atom. The molecule has 7 nitrogen and oxygen atoms in total. The molecule has 7 heteroatoms. The highest BCUT2D eigenvalue weighted by molar-refractivity contribution is 6.23. The van der Waals surface area contributed by atoms with E-state index in [4.69, 9.17) is 4.99 Å². The molecular weight excluding hydrogens is 306 g/mol. The quantitative estimate of drug-likeness (QED) is 0.716. The third-order valence-electron chi connectivity index (χ3n) is 5.32. The van der Waals surface area contributed by atoms with Crippen molar-refractivity contribution in [3.8, 4) is 0 Å². The zero-order valence-electron chi connectivity index (χ0n) is 15.2. The van der Waals surface area contributed by atoms with E-state index in [1.165, 1.54) is 22.6 Å². The summed E-state index contributed by atoms with van der Waals surface area (Å²) in [4.78, 5) is 34.7. The van der Waals surface area contributed by atoms with Crippen LogP contribution in [0.4, 0.5) is 4.79 Å². The molecule has 3 rings (SSSR count). The summed E-state index contributed by atoms with van der Waals surface area (Å²) < 4.78 is 2.09. The number of likely N-dealkylation sites (N-methyl/N-ethyl adjacent to an activating group) is 2. The predicted octanol–water partition coefficient (Wildman–Crippen LogP) is 0.844. The molecule has 0 saturated carbocycles. The Bertz CT molecular complexity index is 604. The molecule has 3 amide bonds. The summed E-state index contributed by atoms with van der Waals surface area (Å²) in [5.74, 6) is 2.12. The van der Waals surface area contributed by atoms with Crippen LogP contribution in [0.25, 0.3) is 0 Å². The molecule has 0 spiro atoms. The van der Waals surface area contributed by atoms with Gasteiger partial charge in [0.1, 0.15) is 6.54 Å². The number of hydrogen-bond donors (Lipinski definition) is 0. The van der Waals surface area contributed by atoms with Crippen LogP contribution in [0.2, 0.25) is 0 Å². The first-order valence-electron chi connectivity index (χ1n) is 8.92. The summed E-state index contributed by atoms with van der Waals surface area (Å²) in [5, 5.41) is 0. The maximum absolute atomic E-state index is 12.7. The molecule has 1 unspecified atom stereocenters. The van der Waals surface area contributed by atoms with Crippen LogP contribution in [-0.2, 0) is 4.79 Å². The van der Waals surface area contributed by atoms with Gasteiger partial charge in [-0.1, -0.05) is 13.8 Å². The second-order valence-electron chi connectivity index (χ2n) is 7.18. The van der Waals surface area contributed by atoms with Gasteiger partial charge in [0.15, 0.2) is 0 Å². The lowest BCUT2D eigenvalue weighted by Gasteiger charge is -2.31. The number of imide groups is 1. The standard InChI is InChI=1S/C17H28N5O2/c1-5-8-22-13(11-21-9-6-12(2)7-10-21)18-15-14(22)16(23)20(4)17(24)19(15)3/h12,14H,5-11H2,1-4H3/q+1. The average molecular weight is 334 g/mol. The minimum atomic E-state index is -0.448. The largest absolute Gasteiger partial charge is 0.333 e. The number of hydrogen-bond acceptors (Lipinski definition) is 4. The summed E-state index contributed by atoms with van der Waals surface area (Å²) in [6.45, 7) is 8.08. The Morgan fingerprint density at radius 1 is 1.17 bits per heavy atom. The van der Waals surface area contributed by atoms with Crippen molar-refractivity contribution in [3.63, 3.8) is 0 Å². The molecule has 3 heterocycles. The highest BCUT2D eigenvalue weighted by Crippen LogP contribution is 2.21. The lowest BCUT2D eigenvalue weighted by molar-refractivity contribution is -0.536. The molecule has 1 atom stereocenters. The van der Waals surface area contributed by atoms with Crippen molar-refractivity contribution >= 4 is 23.6 Å². The number of carbonyl (C=O) groups excluding carboxylic acids is 2. The highest BCUT2D eigenvalue weighted by Gasteiger charge is 2.52. The number of piperidine rings is 1. The number of amidine groups is 2. The summed E-state index contributed by atoms with van der Waals surface area (Å²) in [7, 11) is 3.25. The van der Waals surface area contributed by atoms with Crippen LogP contribution >= 0.6 is 0 Å². The molecule has 2 fully saturated rings. The number of aliphatic imine (C=N–C) groups is 1. The van der Waals surface area contributed by atoms with Crippen LogP contribution in [0.15, 0.2) is 4.99 Å². The lowest BCUT2D eigenvalue weighted by atomic mass is 9.99. The van der Waals surface area contributed by atoms with Gasteiger partial charge in [-0.05, 0) is 43.3 Å². The molecule has 24 heavy (non-hydrogen) atoms. The number of fused-ring (bicyclic) bond motifs is 1. The Balaban J connectivity index is 1.87. The predicted molar refractivity (Wildman–Crippen MR) is 92.4 cm³/mol. The monoisotopic (exact) mass is 334 g/mol. The average Bonchev–Trinajstić information content (AvgIpc) is 2.92. The lowest BCUT2D eigenvalue weighted by Crippen LogP contribution is -2.61. The van der Waals surface area contributed by atoms with Crippen molar-refractivity contribution in [1.29, 1.82) is 0 Å². The van der Waals surface area contributed by atoms with Gasteiger partial charge in [-0.3, -0.25) is 19.5 Å². The SMILES string of the molecule is CCC[N+]1=C(CN2CCC(C)CC2)N=C2C1C(=O)N(C)C(=O)N2C. The number of likely N-dealkylation sites (tertiary alicyclic amines) is 1. The van der Waals surface area contributed by atoms with Crippen LogP contribution in [0.5, 0.6) is 0 Å². The minimum Gasteiger partial charge on any atom is -0.292 e. The first-order chi connectivity index (χ1) is 11.4. The molecule has 0 radical (unpaired) electrons. The number of urea groups is 1. The van der Waals surface area contributed by atoms with Gasteiger partial charge in [0.05, 0.1) is 6.54 Å². The Kier molecular flexibility index (Phi) is 4.71. The maximum Gasteiger partial charge on any atom is 0.333 e. The van der Waals surface area contributed by atoms with E-state index in [0.717, 1.165) is 44.4 Å². The molecule has 3 aliphatic rings. The van der Waals surface area contributed by atoms with E-state index >= 15 is 0 Å². The zero-order chi connectivity index (χ0) is 17.4. The Morgan fingerprint density at radius 2 is 1.83 bits per heavy atom. The molecule has 132 valence electrons. The molecule has 0 N–H and O–H groups in total. The smallest absolute Gasteiger partial charge is 0.292 e. The molecule has 0 aromatic carbocycles. The van der Waals surface area contributed by atoms with E-state index in [1.807, 2.05) is 0 Å². The summed E-state index contributed by atoms with van der Waals surface area (Å²) in [5.41, 5.74) is 0. The maximum atomic E-state index is 12.7. The van der Waals surface area contributed by atoms with Gasteiger partial charge in [0.2, 0.25) is 0 Å². The van der Waals surface area contributed by atoms with Crippen molar-refractivity contribution in [3.05, 3.63) is 0 Å². The van der Waals surface area contributed by atoms with Gasteiger partial charge in [-0.15, -0.1) is 0 Å². The van der Waals surface area contributed by atoms with Crippen LogP contribution in [0, 0.1) is 5.92 Å². The second-order valence-corrected chi connectivity index (χ2v) is 7.18. The molecule has 0 bridgehead atoms. The topological polar surface area (TPSA) is 59.2 Å². The van der Waals surface area contributed by atoms with Crippen molar-refractivity contribution in [2.75, 3.05) is 40.3 Å². The molecule has 0 aliphatic carbocycles. The fourth-order valence-corrected chi connectivity index (χ4v) is 3.69. The second kappa shape index (κ2) is 6.63. The van der Waals surface area contributed by atoms with Crippen molar-refractivity contribution in [1.82, 2.24) is 14.7 Å². The van der Waals surface area contributed by atoms with Gasteiger partial charge in [0, 0.05) is 14.1 Å². The van der Waals surface area contributed by atoms with E-state index < -0.39 is 6.04 Å². The zero-order valence-corrected chi connectivity index (χ0v) is 15.2. The molecule has 0 aromatic rings. The van der Waals surface area contributed by atoms with Crippen LogP contribution in [0.3, 0.4) is 0 Å². The normalized spacial score (nSPS) is 26.3. The van der Waals surface area contributed by atoms with E-state index in [2.05, 4.69) is 23.3 Å². The van der Waals surface area contributed by atoms with E-state index in [-0.39, 0.29) is 11.9 Å². The van der Waals surface area contributed by atoms with E-state index in [9.17, 15) is 9.59 Å². The van der Waals surface area contributed by atoms with Crippen LogP contribution in [0.1, 0.15) is 33.1 Å². The van der Waals surface area contributed by atoms with Crippen LogP contribution in [-0.4, -0.2) is 89.2 Å². The minimum absolute atomic E-state index is 0.174. The summed E-state index contributed by atoms with van der Waals surface area (Å²) >= 11 is 0. The molecule has 0 aromatic heterocycles. The first-order valence-corrected chi connectivity index (χ1v) is 8.92. The van der Waals surface area contributed by atoms with Gasteiger partial charge >= 0.3 is 11.9 Å². The highest BCUT2D eigenvalue weighted by atomic mass is 16.2. The fourth-order valence-electron chi connectivity index (χ4n) is 3.69. The van der Waals surface area contributed by atoms with Gasteiger partial charge < -0.3 is 0 Å². The third kappa shape index (κ3) is 2.85. The fraction of sp³-hybridized carbons (Fsp3) is 0.765. The number of nitrogens with zero attached hydrogens (tertiary/aromatic N) is 5. The molecule has 3 aliphatic heterocycles. The van der Waals surface area contributed by atoms with Gasteiger partial charge in [-0.2, -0.15) is 0 Å². The van der Waals surface area contributed by atoms with E-state index in [1.54, 1.807) is 14.1 Å². The number of carbonyl (C=O) groups is 2. The molecular formula is C17H28N5O2+. The summed E-state index contributed by atoms with van der Waals surface area (Å²) in [6.07, 6.45) is 3.36. The van der Waals surface area contributed by atoms with Crippen LogP contribution < -0.4 is 0 Å². The summed E-state index contributed by atoms with van der Waals surface area (Å²) in [6, 6.07) is -0.754. The first kappa shape index (κ1) is 17.1. The Hall–Kier alpha value is -1.76. The number of rotatable bonds is 4. The number of amides is 3. The van der Waals surface area contributed by atoms with Gasteiger partial charge in [0.25, 0.3) is 17.8 Å². The molecule has 2 saturated heterocycles. The Labute approximate surface area is 143 Å². The van der Waals surface area contributed by atoms with Crippen molar-refractivity contribution < 1.29 is 14.2 Å².